The maximum atomic E-state index is 15.1. The van der Waals surface area contributed by atoms with Gasteiger partial charge in [-0.05, 0) is 98.4 Å². The number of piperazine rings is 1. The highest BCUT2D eigenvalue weighted by atomic mass is 19.3. The number of aryl methyl sites for hydroxylation is 1. The lowest BCUT2D eigenvalue weighted by Gasteiger charge is -2.39. The Morgan fingerprint density at radius 2 is 1.74 bits per heavy atom. The quantitative estimate of drug-likeness (QED) is 0.188. The van der Waals surface area contributed by atoms with Crippen molar-refractivity contribution in [1.29, 1.82) is 0 Å². The Balaban J connectivity index is 0.835. The van der Waals surface area contributed by atoms with Gasteiger partial charge in [-0.15, -0.1) is 0 Å². The number of urea groups is 1. The summed E-state index contributed by atoms with van der Waals surface area (Å²) in [5, 5.41) is 7.73. The highest BCUT2D eigenvalue weighted by molar-refractivity contribution is 6.12. The van der Waals surface area contributed by atoms with Gasteiger partial charge < -0.3 is 23.8 Å². The molecule has 0 unspecified atom stereocenters. The normalized spacial score (nSPS) is 22.5. The molecule has 2 saturated heterocycles. The topological polar surface area (TPSA) is 121 Å². The minimum absolute atomic E-state index is 0.0115. The molecule has 6 aliphatic rings. The zero-order valence-electron chi connectivity index (χ0n) is 37.4. The fraction of sp³-hybridized carbons (Fsp3) is 0.469. The molecule has 14 nitrogen and oxygen atoms in total. The number of imide groups is 1. The smallest absolute Gasteiger partial charge is 0.328 e. The summed E-state index contributed by atoms with van der Waals surface area (Å²) in [7, 11) is 1.55. The fourth-order valence-corrected chi connectivity index (χ4v) is 10.9. The molecular formula is C49H57F2N10O4+. The number of aromatic nitrogens is 2. The number of nitrogens with one attached hydrogen (secondary N) is 1. The average Bonchev–Trinajstić information content (AvgIpc) is 3.93. The van der Waals surface area contributed by atoms with Gasteiger partial charge in [-0.2, -0.15) is 0 Å². The van der Waals surface area contributed by atoms with E-state index in [0.717, 1.165) is 117 Å². The van der Waals surface area contributed by atoms with Gasteiger partial charge in [0.1, 0.15) is 11.4 Å². The van der Waals surface area contributed by atoms with E-state index in [9.17, 15) is 14.4 Å². The summed E-state index contributed by atoms with van der Waals surface area (Å²) in [4.78, 5) is 52.2. The predicted octanol–water partition coefficient (Wildman–Crippen LogP) is 7.00. The van der Waals surface area contributed by atoms with E-state index >= 15 is 8.78 Å². The molecular weight excluding hydrogens is 831 g/mol. The number of amides is 4. The summed E-state index contributed by atoms with van der Waals surface area (Å²) in [6, 6.07) is 11.1. The molecule has 65 heavy (non-hydrogen) atoms. The summed E-state index contributed by atoms with van der Waals surface area (Å²) < 4.78 is 39.9. The van der Waals surface area contributed by atoms with E-state index in [-0.39, 0.29) is 23.4 Å². The maximum Gasteiger partial charge on any atom is 0.328 e. The number of hydrogen-bond donors (Lipinski definition) is 1. The van der Waals surface area contributed by atoms with Gasteiger partial charge in [0, 0.05) is 112 Å². The summed E-state index contributed by atoms with van der Waals surface area (Å²) in [5.74, 6) is 1.99. The zero-order chi connectivity index (χ0) is 44.9. The van der Waals surface area contributed by atoms with Gasteiger partial charge in [-0.25, -0.2) is 18.6 Å². The SMILES string of the molecule is COc1cn2ccnc2cc1-c1cc2c(cc1C(F)F)N(C1=N/[N+](=C/C3CCC(CN4CCN(c5cccc(N6CCC(=O)NC6=O)c5C)CC4)CC3)C3=C1CN(C(C)=O)CC3)CCC2. The first-order valence-electron chi connectivity index (χ1n) is 23.2. The van der Waals surface area contributed by atoms with Crippen LogP contribution in [0.2, 0.25) is 0 Å². The van der Waals surface area contributed by atoms with Gasteiger partial charge in [0.2, 0.25) is 23.3 Å². The summed E-state index contributed by atoms with van der Waals surface area (Å²) in [6.45, 7) is 10.6. The lowest BCUT2D eigenvalue weighted by Crippen LogP contribution is -2.50. The van der Waals surface area contributed by atoms with Gasteiger partial charge in [0.25, 0.3) is 6.43 Å². The molecule has 10 rings (SSSR count). The number of hydrogen-bond acceptors (Lipinski definition) is 9. The van der Waals surface area contributed by atoms with Crippen molar-refractivity contribution >= 4 is 52.6 Å². The van der Waals surface area contributed by atoms with E-state index in [4.69, 9.17) is 9.84 Å². The first-order valence-corrected chi connectivity index (χ1v) is 23.2. The van der Waals surface area contributed by atoms with Crippen molar-refractivity contribution in [3.8, 4) is 16.9 Å². The molecule has 0 radical (unpaired) electrons. The number of amidine groups is 1. The highest BCUT2D eigenvalue weighted by Crippen LogP contribution is 2.44. The second-order valence-corrected chi connectivity index (χ2v) is 18.4. The minimum Gasteiger partial charge on any atom is -0.495 e. The molecule has 0 atom stereocenters. The monoisotopic (exact) mass is 887 g/mol. The lowest BCUT2D eigenvalue weighted by molar-refractivity contribution is -0.479. The van der Waals surface area contributed by atoms with Crippen LogP contribution in [0.1, 0.15) is 75.0 Å². The Morgan fingerprint density at radius 1 is 0.938 bits per heavy atom. The Hall–Kier alpha value is -6.16. The number of anilines is 3. The Morgan fingerprint density at radius 3 is 2.49 bits per heavy atom. The molecule has 0 spiro atoms. The number of alkyl halides is 2. The number of benzene rings is 2. The standard InChI is InChI=1S/C49H56F2N10O4/c1-31-40(7-4-8-41(31)60-18-14-46(63)53-49(60)64)56-22-20-55(21-23-56)27-33-9-11-34(12-10-33)28-61-42-13-17-57(32(2)62)29-39(42)48(54-61)59-16-5-6-35-24-36(38(47(50)51)25-43(35)59)37-26-45-52-15-19-58(45)30-44(37)65-3/h4,7-8,15,19,24-26,28,30,33-34,47H,5-6,9-14,16-18,20-23,27,29H2,1-3H3/p+1/b61-28+. The van der Waals surface area contributed by atoms with Crippen LogP contribution in [-0.2, 0) is 16.0 Å². The third kappa shape index (κ3) is 8.25. The number of hydrazone groups is 1. The van der Waals surface area contributed by atoms with Crippen LogP contribution in [0.3, 0.4) is 0 Å². The van der Waals surface area contributed by atoms with E-state index in [1.807, 2.05) is 27.5 Å². The lowest BCUT2D eigenvalue weighted by atomic mass is 9.82. The van der Waals surface area contributed by atoms with Crippen LogP contribution in [0.15, 0.2) is 71.4 Å². The summed E-state index contributed by atoms with van der Waals surface area (Å²) in [6.07, 6.45) is 11.8. The Kier molecular flexibility index (Phi) is 11.6. The van der Waals surface area contributed by atoms with Crippen LogP contribution in [0.5, 0.6) is 5.75 Å². The molecule has 16 heteroatoms. The van der Waals surface area contributed by atoms with Crippen molar-refractivity contribution in [2.24, 2.45) is 16.9 Å². The van der Waals surface area contributed by atoms with Crippen molar-refractivity contribution in [3.05, 3.63) is 82.9 Å². The third-order valence-electron chi connectivity index (χ3n) is 14.5. The maximum absolute atomic E-state index is 15.1. The summed E-state index contributed by atoms with van der Waals surface area (Å²) >= 11 is 0. The highest BCUT2D eigenvalue weighted by Gasteiger charge is 2.42. The number of carbonyl (C=O) groups excluding carboxylic acids is 3. The number of pyridine rings is 1. The van der Waals surface area contributed by atoms with E-state index in [0.29, 0.717) is 73.4 Å². The summed E-state index contributed by atoms with van der Waals surface area (Å²) in [5.41, 5.74) is 8.44. The third-order valence-corrected chi connectivity index (χ3v) is 14.5. The van der Waals surface area contributed by atoms with Crippen LogP contribution in [0.4, 0.5) is 30.6 Å². The first-order chi connectivity index (χ1) is 31.5. The first kappa shape index (κ1) is 42.8. The molecule has 4 aromatic rings. The molecule has 1 saturated carbocycles. The molecule has 4 amide bonds. The molecule has 5 aliphatic heterocycles. The number of fused-ring (bicyclic) bond motifs is 2. The van der Waals surface area contributed by atoms with Crippen LogP contribution in [0, 0.1) is 18.8 Å². The number of ether oxygens (including phenoxy) is 1. The van der Waals surface area contributed by atoms with E-state index < -0.39 is 6.43 Å². The van der Waals surface area contributed by atoms with Crippen molar-refractivity contribution in [2.45, 2.75) is 71.6 Å². The molecule has 0 bridgehead atoms. The second-order valence-electron chi connectivity index (χ2n) is 18.4. The fourth-order valence-electron chi connectivity index (χ4n) is 10.9. The second kappa shape index (κ2) is 17.7. The Labute approximate surface area is 377 Å². The number of rotatable bonds is 8. The van der Waals surface area contributed by atoms with Crippen LogP contribution in [0.25, 0.3) is 16.8 Å². The van der Waals surface area contributed by atoms with Crippen molar-refractivity contribution in [3.63, 3.8) is 0 Å². The van der Waals surface area contributed by atoms with Gasteiger partial charge in [0.05, 0.1) is 37.5 Å². The number of nitrogens with zero attached hydrogens (tertiary/aromatic N) is 9. The average molecular weight is 888 g/mol. The van der Waals surface area contributed by atoms with Crippen molar-refractivity contribution in [2.75, 3.05) is 80.7 Å². The molecule has 3 fully saturated rings. The molecule has 1 N–H and O–H groups in total. The van der Waals surface area contributed by atoms with E-state index in [1.165, 1.54) is 0 Å². The van der Waals surface area contributed by atoms with Crippen molar-refractivity contribution in [1.82, 2.24) is 24.5 Å². The number of carbonyl (C=O) groups is 3. The van der Waals surface area contributed by atoms with Crippen molar-refractivity contribution < 1.29 is 32.6 Å². The molecule has 7 heterocycles. The predicted molar refractivity (Wildman–Crippen MR) is 246 cm³/mol. The number of methoxy groups -OCH3 is 1. The van der Waals surface area contributed by atoms with Crippen LogP contribution < -0.4 is 24.8 Å². The molecule has 2 aromatic heterocycles. The van der Waals surface area contributed by atoms with Gasteiger partial charge in [0.15, 0.2) is 6.21 Å². The van der Waals surface area contributed by atoms with Gasteiger partial charge >= 0.3 is 6.03 Å². The van der Waals surface area contributed by atoms with Crippen LogP contribution in [-0.4, -0.2) is 120 Å². The van der Waals surface area contributed by atoms with E-state index in [2.05, 4.69) is 48.9 Å². The largest absolute Gasteiger partial charge is 0.495 e. The van der Waals surface area contributed by atoms with Gasteiger partial charge in [-0.3, -0.25) is 24.7 Å². The Bertz CT molecular complexity index is 2640. The van der Waals surface area contributed by atoms with Crippen LogP contribution >= 0.6 is 0 Å². The van der Waals surface area contributed by atoms with Gasteiger partial charge in [-0.1, -0.05) is 10.8 Å². The molecule has 1 aliphatic carbocycles. The zero-order valence-corrected chi connectivity index (χ0v) is 37.4. The minimum atomic E-state index is -2.73. The molecule has 340 valence electrons. The number of imidazole rings is 1. The molecule has 2 aromatic carbocycles. The van der Waals surface area contributed by atoms with E-state index in [1.54, 1.807) is 49.7 Å². The number of halogens is 2.